The summed E-state index contributed by atoms with van der Waals surface area (Å²) in [5, 5.41) is 61.9. The van der Waals surface area contributed by atoms with Gasteiger partial charge in [-0.1, -0.05) is 0 Å². The van der Waals surface area contributed by atoms with Gasteiger partial charge < -0.3 is 54.9 Å². The molecular weight excluding hydrogens is 370 g/mol. The lowest BCUT2D eigenvalue weighted by molar-refractivity contribution is -0.347. The predicted octanol–water partition coefficient (Wildman–Crippen LogP) is -4.60. The number of hydrogen-bond acceptors (Lipinski definition) is 11. The SMILES string of the molecule is CO[C@@H]1C(O)[C@H](O[C@H]2C(CO)O[C@@H](O)C(NC(C)=O)[C@H]2O)OC(CO)[C@@H]1O. The molecule has 2 aliphatic heterocycles. The zero-order valence-electron chi connectivity index (χ0n) is 14.9. The highest BCUT2D eigenvalue weighted by Crippen LogP contribution is 2.29. The van der Waals surface area contributed by atoms with E-state index in [-0.39, 0.29) is 0 Å². The summed E-state index contributed by atoms with van der Waals surface area (Å²) in [6.45, 7) is -0.0556. The lowest BCUT2D eigenvalue weighted by Gasteiger charge is -2.46. The normalized spacial score (nSPS) is 45.5. The second kappa shape index (κ2) is 9.52. The number of rotatable bonds is 6. The van der Waals surface area contributed by atoms with Gasteiger partial charge in [-0.05, 0) is 0 Å². The first kappa shape index (κ1) is 22.4. The van der Waals surface area contributed by atoms with Crippen LogP contribution in [0.25, 0.3) is 0 Å². The van der Waals surface area contributed by atoms with Gasteiger partial charge in [-0.3, -0.25) is 4.79 Å². The predicted molar refractivity (Wildman–Crippen MR) is 85.0 cm³/mol. The Morgan fingerprint density at radius 3 is 2.11 bits per heavy atom. The van der Waals surface area contributed by atoms with Gasteiger partial charge in [0.25, 0.3) is 0 Å². The van der Waals surface area contributed by atoms with Crippen molar-refractivity contribution in [1.82, 2.24) is 5.32 Å². The van der Waals surface area contributed by atoms with Gasteiger partial charge in [-0.25, -0.2) is 0 Å². The molecule has 2 saturated heterocycles. The number of carbonyl (C=O) groups excluding carboxylic acids is 1. The maximum absolute atomic E-state index is 11.3. The van der Waals surface area contributed by atoms with Crippen molar-refractivity contribution in [3.63, 3.8) is 0 Å². The molecule has 158 valence electrons. The molecular formula is C15H27NO11. The molecule has 0 saturated carbocycles. The van der Waals surface area contributed by atoms with Crippen LogP contribution < -0.4 is 5.32 Å². The van der Waals surface area contributed by atoms with Crippen molar-refractivity contribution in [2.24, 2.45) is 0 Å². The molecule has 2 fully saturated rings. The molecule has 0 aliphatic carbocycles. The standard InChI is InChI=1S/C15H27NO11/c1-5(19)16-8-10(21)12(7(4-18)25-14(8)23)27-15-11(22)13(24-2)9(20)6(3-17)26-15/h6-15,17-18,20-23H,3-4H2,1-2H3,(H,16,19)/t6?,7?,8?,9-,10+,11?,12-,13-,14+,15-/m0/s1. The Hall–Kier alpha value is -0.930. The van der Waals surface area contributed by atoms with Crippen LogP contribution >= 0.6 is 0 Å². The topological polar surface area (TPSA) is 187 Å². The second-order valence-electron chi connectivity index (χ2n) is 6.47. The van der Waals surface area contributed by atoms with Crippen molar-refractivity contribution in [3.8, 4) is 0 Å². The third kappa shape index (κ3) is 4.74. The molecule has 4 unspecified atom stereocenters. The van der Waals surface area contributed by atoms with E-state index in [1.165, 1.54) is 14.0 Å². The summed E-state index contributed by atoms with van der Waals surface area (Å²) in [5.74, 6) is -0.542. The summed E-state index contributed by atoms with van der Waals surface area (Å²) in [6.07, 6.45) is -12.2. The maximum Gasteiger partial charge on any atom is 0.217 e. The molecule has 0 aromatic rings. The van der Waals surface area contributed by atoms with E-state index in [0.717, 1.165) is 0 Å². The molecule has 2 rings (SSSR count). The van der Waals surface area contributed by atoms with Gasteiger partial charge in [0, 0.05) is 14.0 Å². The quantitative estimate of drug-likeness (QED) is 0.228. The van der Waals surface area contributed by atoms with Crippen molar-refractivity contribution in [1.29, 1.82) is 0 Å². The highest BCUT2D eigenvalue weighted by molar-refractivity contribution is 5.73. The molecule has 10 atom stereocenters. The molecule has 2 heterocycles. The number of methoxy groups -OCH3 is 1. The molecule has 0 aromatic heterocycles. The molecule has 0 spiro atoms. The van der Waals surface area contributed by atoms with Crippen LogP contribution in [-0.2, 0) is 23.7 Å². The Kier molecular flexibility index (Phi) is 7.88. The van der Waals surface area contributed by atoms with Crippen molar-refractivity contribution < 1.29 is 54.4 Å². The fourth-order valence-corrected chi connectivity index (χ4v) is 3.24. The fourth-order valence-electron chi connectivity index (χ4n) is 3.24. The average molecular weight is 397 g/mol. The summed E-state index contributed by atoms with van der Waals surface area (Å²) in [4.78, 5) is 11.3. The van der Waals surface area contributed by atoms with Crippen LogP contribution in [0.2, 0.25) is 0 Å². The molecule has 2 aliphatic rings. The number of amides is 1. The van der Waals surface area contributed by atoms with Gasteiger partial charge in [-0.2, -0.15) is 0 Å². The maximum atomic E-state index is 11.3. The Morgan fingerprint density at radius 1 is 0.963 bits per heavy atom. The van der Waals surface area contributed by atoms with Gasteiger partial charge in [0.05, 0.1) is 13.2 Å². The fraction of sp³-hybridized carbons (Fsp3) is 0.933. The van der Waals surface area contributed by atoms with Crippen LogP contribution in [0.4, 0.5) is 0 Å². The molecule has 7 N–H and O–H groups in total. The largest absolute Gasteiger partial charge is 0.394 e. The highest BCUT2D eigenvalue weighted by atomic mass is 16.7. The van der Waals surface area contributed by atoms with Gasteiger partial charge in [0.15, 0.2) is 12.6 Å². The summed E-state index contributed by atoms with van der Waals surface area (Å²) in [5.41, 5.74) is 0. The van der Waals surface area contributed by atoms with Crippen LogP contribution in [0.15, 0.2) is 0 Å². The molecule has 0 radical (unpaired) electrons. The Labute approximate surface area is 155 Å². The highest BCUT2D eigenvalue weighted by Gasteiger charge is 2.51. The number of aliphatic hydroxyl groups excluding tert-OH is 6. The van der Waals surface area contributed by atoms with E-state index in [4.69, 9.17) is 18.9 Å². The molecule has 12 nitrogen and oxygen atoms in total. The summed E-state index contributed by atoms with van der Waals surface area (Å²) >= 11 is 0. The zero-order chi connectivity index (χ0) is 20.3. The monoisotopic (exact) mass is 397 g/mol. The smallest absolute Gasteiger partial charge is 0.217 e. The van der Waals surface area contributed by atoms with E-state index >= 15 is 0 Å². The first-order chi connectivity index (χ1) is 12.7. The average Bonchev–Trinajstić information content (AvgIpc) is 2.62. The van der Waals surface area contributed by atoms with E-state index in [0.29, 0.717) is 0 Å². The minimum atomic E-state index is -1.60. The third-order valence-electron chi connectivity index (χ3n) is 4.63. The van der Waals surface area contributed by atoms with Crippen LogP contribution in [0, 0.1) is 0 Å². The van der Waals surface area contributed by atoms with E-state index in [1.807, 2.05) is 0 Å². The number of aliphatic hydroxyl groups is 6. The van der Waals surface area contributed by atoms with Crippen LogP contribution in [0.1, 0.15) is 6.92 Å². The molecule has 27 heavy (non-hydrogen) atoms. The van der Waals surface area contributed by atoms with E-state index in [2.05, 4.69) is 5.32 Å². The Balaban J connectivity index is 2.19. The third-order valence-corrected chi connectivity index (χ3v) is 4.63. The van der Waals surface area contributed by atoms with Crippen LogP contribution in [0.3, 0.4) is 0 Å². The van der Waals surface area contributed by atoms with Crippen molar-refractivity contribution in [2.45, 2.75) is 68.3 Å². The van der Waals surface area contributed by atoms with Crippen LogP contribution in [-0.4, -0.2) is 118 Å². The summed E-state index contributed by atoms with van der Waals surface area (Å²) in [6, 6.07) is -1.26. The summed E-state index contributed by atoms with van der Waals surface area (Å²) < 4.78 is 21.1. The minimum absolute atomic E-state index is 0.542. The van der Waals surface area contributed by atoms with E-state index in [1.54, 1.807) is 0 Å². The van der Waals surface area contributed by atoms with E-state index in [9.17, 15) is 35.4 Å². The summed E-state index contributed by atoms with van der Waals surface area (Å²) in [7, 11) is 1.24. The van der Waals surface area contributed by atoms with Crippen LogP contribution in [0.5, 0.6) is 0 Å². The first-order valence-corrected chi connectivity index (χ1v) is 8.45. The van der Waals surface area contributed by atoms with Crippen molar-refractivity contribution >= 4 is 5.91 Å². The van der Waals surface area contributed by atoms with Crippen molar-refractivity contribution in [2.75, 3.05) is 20.3 Å². The van der Waals surface area contributed by atoms with Gasteiger partial charge in [0.2, 0.25) is 5.91 Å². The Bertz CT molecular complexity index is 494. The first-order valence-electron chi connectivity index (χ1n) is 8.45. The van der Waals surface area contributed by atoms with Gasteiger partial charge in [0.1, 0.15) is 48.8 Å². The number of nitrogens with one attached hydrogen (secondary N) is 1. The lowest BCUT2D eigenvalue weighted by Crippen LogP contribution is -2.67. The van der Waals surface area contributed by atoms with Crippen molar-refractivity contribution in [3.05, 3.63) is 0 Å². The van der Waals surface area contributed by atoms with Gasteiger partial charge >= 0.3 is 0 Å². The van der Waals surface area contributed by atoms with Gasteiger partial charge in [-0.15, -0.1) is 0 Å². The Morgan fingerprint density at radius 2 is 1.59 bits per heavy atom. The minimum Gasteiger partial charge on any atom is -0.394 e. The van der Waals surface area contributed by atoms with E-state index < -0.39 is 80.5 Å². The number of ether oxygens (including phenoxy) is 4. The second-order valence-corrected chi connectivity index (χ2v) is 6.47. The molecule has 0 bridgehead atoms. The number of hydrogen-bond donors (Lipinski definition) is 7. The zero-order valence-corrected chi connectivity index (χ0v) is 14.9. The molecule has 12 heteroatoms. The number of carbonyl (C=O) groups is 1. The molecule has 0 aromatic carbocycles. The lowest BCUT2D eigenvalue weighted by atomic mass is 9.95. The molecule has 1 amide bonds.